The van der Waals surface area contributed by atoms with Crippen LogP contribution in [0.2, 0.25) is 0 Å². The van der Waals surface area contributed by atoms with Gasteiger partial charge in [0.2, 0.25) is 0 Å². The van der Waals surface area contributed by atoms with E-state index in [1.807, 2.05) is 18.2 Å². The predicted octanol–water partition coefficient (Wildman–Crippen LogP) is 2.27. The van der Waals surface area contributed by atoms with Gasteiger partial charge in [-0.05, 0) is 49.8 Å². The highest BCUT2D eigenvalue weighted by molar-refractivity contribution is 5.89. The van der Waals surface area contributed by atoms with Gasteiger partial charge < -0.3 is 10.0 Å². The lowest BCUT2D eigenvalue weighted by Crippen LogP contribution is -2.29. The van der Waals surface area contributed by atoms with Crippen molar-refractivity contribution in [2.24, 2.45) is 11.8 Å². The molecule has 3 unspecified atom stereocenters. The van der Waals surface area contributed by atoms with Crippen LogP contribution in [0.5, 0.6) is 0 Å². The summed E-state index contributed by atoms with van der Waals surface area (Å²) in [4.78, 5) is 13.7. The summed E-state index contributed by atoms with van der Waals surface area (Å²) in [6, 6.07) is 8.11. The number of aromatic carboxylic acids is 1. The molecule has 2 fully saturated rings. The topological polar surface area (TPSA) is 40.5 Å². The maximum atomic E-state index is 11.2. The number of hydrogen-bond donors (Lipinski definition) is 1. The molecule has 0 amide bonds. The first-order valence-corrected chi connectivity index (χ1v) is 6.68. The molecule has 1 aliphatic carbocycles. The molecule has 1 aromatic carbocycles. The number of hydrogen-bond acceptors (Lipinski definition) is 2. The summed E-state index contributed by atoms with van der Waals surface area (Å²) in [5, 5.41) is 9.23. The van der Waals surface area contributed by atoms with Crippen molar-refractivity contribution in [3.05, 3.63) is 35.4 Å². The number of nitrogens with zero attached hydrogens (tertiary/aromatic N) is 1. The third-order valence-electron chi connectivity index (χ3n) is 4.72. The van der Waals surface area contributed by atoms with E-state index >= 15 is 0 Å². The van der Waals surface area contributed by atoms with Crippen LogP contribution >= 0.6 is 0 Å². The smallest absolute Gasteiger partial charge is 0.335 e. The molecule has 18 heavy (non-hydrogen) atoms. The van der Waals surface area contributed by atoms with Gasteiger partial charge in [0.05, 0.1) is 5.56 Å². The predicted molar refractivity (Wildman–Crippen MR) is 69.7 cm³/mol. The van der Waals surface area contributed by atoms with E-state index < -0.39 is 5.97 Å². The molecule has 2 bridgehead atoms. The van der Waals surface area contributed by atoms with Crippen molar-refractivity contribution >= 4 is 5.97 Å². The van der Waals surface area contributed by atoms with E-state index in [0.717, 1.165) is 17.9 Å². The van der Waals surface area contributed by atoms with E-state index in [4.69, 9.17) is 0 Å². The van der Waals surface area contributed by atoms with E-state index in [0.29, 0.717) is 17.5 Å². The van der Waals surface area contributed by atoms with Crippen LogP contribution in [0.25, 0.3) is 0 Å². The largest absolute Gasteiger partial charge is 0.478 e. The molecular formula is C15H19NO2. The zero-order valence-electron chi connectivity index (χ0n) is 10.7. The molecule has 1 aliphatic heterocycles. The van der Waals surface area contributed by atoms with Crippen molar-refractivity contribution in [3.8, 4) is 0 Å². The molecule has 0 spiro atoms. The summed E-state index contributed by atoms with van der Waals surface area (Å²) < 4.78 is 0. The van der Waals surface area contributed by atoms with Gasteiger partial charge in [-0.1, -0.05) is 18.2 Å². The number of carboxylic acids is 1. The first-order valence-electron chi connectivity index (χ1n) is 6.68. The van der Waals surface area contributed by atoms with Crippen LogP contribution in [0.4, 0.5) is 0 Å². The fourth-order valence-corrected chi connectivity index (χ4v) is 3.87. The molecule has 1 saturated heterocycles. The van der Waals surface area contributed by atoms with Crippen LogP contribution in [0.15, 0.2) is 24.3 Å². The van der Waals surface area contributed by atoms with Crippen LogP contribution < -0.4 is 0 Å². The molecule has 1 heterocycles. The van der Waals surface area contributed by atoms with E-state index in [2.05, 4.69) is 11.9 Å². The Morgan fingerprint density at radius 2 is 2.17 bits per heavy atom. The molecule has 1 N–H and O–H groups in total. The highest BCUT2D eigenvalue weighted by Gasteiger charge is 2.44. The Morgan fingerprint density at radius 1 is 1.39 bits per heavy atom. The number of fused-ring (bicyclic) bond motifs is 2. The summed E-state index contributed by atoms with van der Waals surface area (Å²) in [6.07, 6.45) is 3.51. The average Bonchev–Trinajstić information content (AvgIpc) is 2.85. The zero-order valence-corrected chi connectivity index (χ0v) is 10.7. The number of carbonyl (C=O) groups is 1. The van der Waals surface area contributed by atoms with Gasteiger partial charge in [-0.25, -0.2) is 4.79 Å². The number of rotatable bonds is 3. The second-order valence-corrected chi connectivity index (χ2v) is 5.67. The van der Waals surface area contributed by atoms with Gasteiger partial charge in [-0.15, -0.1) is 0 Å². The molecule has 96 valence electrons. The van der Waals surface area contributed by atoms with Crippen LogP contribution in [0, 0.1) is 11.8 Å². The number of piperidine rings is 1. The molecule has 3 heteroatoms. The SMILES string of the molecule is CN1CC2CCC1C2Cc1ccccc1C(=O)O. The minimum absolute atomic E-state index is 0.478. The average molecular weight is 245 g/mol. The Hall–Kier alpha value is -1.35. The Kier molecular flexibility index (Phi) is 2.86. The van der Waals surface area contributed by atoms with Gasteiger partial charge in [0, 0.05) is 12.6 Å². The molecule has 1 saturated carbocycles. The number of benzene rings is 1. The van der Waals surface area contributed by atoms with Crippen LogP contribution in [0.1, 0.15) is 28.8 Å². The standard InChI is InChI=1S/C15H19NO2/c1-16-9-11-6-7-14(16)13(11)8-10-4-2-3-5-12(10)15(17)18/h2-5,11,13-14H,6-9H2,1H3,(H,17,18). The molecule has 0 radical (unpaired) electrons. The van der Waals surface area contributed by atoms with E-state index in [9.17, 15) is 9.90 Å². The van der Waals surface area contributed by atoms with Crippen molar-refractivity contribution in [2.45, 2.75) is 25.3 Å². The lowest BCUT2D eigenvalue weighted by Gasteiger charge is -2.22. The molecule has 3 rings (SSSR count). The van der Waals surface area contributed by atoms with Gasteiger partial charge in [0.1, 0.15) is 0 Å². The van der Waals surface area contributed by atoms with Crippen molar-refractivity contribution in [1.82, 2.24) is 4.90 Å². The molecule has 3 atom stereocenters. The van der Waals surface area contributed by atoms with Gasteiger partial charge in [-0.3, -0.25) is 0 Å². The Bertz CT molecular complexity index is 471. The van der Waals surface area contributed by atoms with Gasteiger partial charge in [0.15, 0.2) is 0 Å². The molecule has 1 aromatic rings. The number of likely N-dealkylation sites (tertiary alicyclic amines) is 1. The minimum Gasteiger partial charge on any atom is -0.478 e. The van der Waals surface area contributed by atoms with Crippen molar-refractivity contribution in [3.63, 3.8) is 0 Å². The van der Waals surface area contributed by atoms with Crippen molar-refractivity contribution < 1.29 is 9.90 Å². The van der Waals surface area contributed by atoms with Crippen LogP contribution in [-0.2, 0) is 6.42 Å². The highest BCUT2D eigenvalue weighted by Crippen LogP contribution is 2.43. The molecule has 0 aromatic heterocycles. The maximum Gasteiger partial charge on any atom is 0.335 e. The lowest BCUT2D eigenvalue weighted by atomic mass is 9.89. The first-order chi connectivity index (χ1) is 8.66. The summed E-state index contributed by atoms with van der Waals surface area (Å²) in [7, 11) is 2.19. The third-order valence-corrected chi connectivity index (χ3v) is 4.72. The Morgan fingerprint density at radius 3 is 2.78 bits per heavy atom. The summed E-state index contributed by atoms with van der Waals surface area (Å²) in [5.41, 5.74) is 1.48. The van der Waals surface area contributed by atoms with Crippen molar-refractivity contribution in [2.75, 3.05) is 13.6 Å². The Balaban J connectivity index is 1.84. The van der Waals surface area contributed by atoms with Gasteiger partial charge >= 0.3 is 5.97 Å². The fraction of sp³-hybridized carbons (Fsp3) is 0.533. The van der Waals surface area contributed by atoms with Gasteiger partial charge in [0.25, 0.3) is 0 Å². The van der Waals surface area contributed by atoms with E-state index in [1.165, 1.54) is 19.4 Å². The zero-order chi connectivity index (χ0) is 12.7. The van der Waals surface area contributed by atoms with Crippen LogP contribution in [0.3, 0.4) is 0 Å². The first kappa shape index (κ1) is 11.7. The monoisotopic (exact) mass is 245 g/mol. The summed E-state index contributed by atoms with van der Waals surface area (Å²) in [6.45, 7) is 1.19. The van der Waals surface area contributed by atoms with E-state index in [-0.39, 0.29) is 0 Å². The fourth-order valence-electron chi connectivity index (χ4n) is 3.87. The third kappa shape index (κ3) is 1.83. The van der Waals surface area contributed by atoms with Crippen molar-refractivity contribution in [1.29, 1.82) is 0 Å². The Labute approximate surface area is 107 Å². The van der Waals surface area contributed by atoms with Crippen LogP contribution in [-0.4, -0.2) is 35.6 Å². The summed E-state index contributed by atoms with van der Waals surface area (Å²) >= 11 is 0. The second-order valence-electron chi connectivity index (χ2n) is 5.67. The molecular weight excluding hydrogens is 226 g/mol. The maximum absolute atomic E-state index is 11.2. The quantitative estimate of drug-likeness (QED) is 0.888. The molecule has 2 aliphatic rings. The highest BCUT2D eigenvalue weighted by atomic mass is 16.4. The molecule has 3 nitrogen and oxygen atoms in total. The van der Waals surface area contributed by atoms with E-state index in [1.54, 1.807) is 6.07 Å². The normalized spacial score (nSPS) is 30.8. The minimum atomic E-state index is -0.802. The van der Waals surface area contributed by atoms with Gasteiger partial charge in [-0.2, -0.15) is 0 Å². The second kappa shape index (κ2) is 4.39. The number of carboxylic acid groups (broad SMARTS) is 1. The summed E-state index contributed by atoms with van der Waals surface area (Å²) in [5.74, 6) is 0.613. The lowest BCUT2D eigenvalue weighted by molar-refractivity contribution is 0.0695.